The Morgan fingerprint density at radius 1 is 1.03 bits per heavy atom. The van der Waals surface area contributed by atoms with Gasteiger partial charge in [0.1, 0.15) is 10.8 Å². The maximum Gasteiger partial charge on any atom is 0.249 e. The Morgan fingerprint density at radius 2 is 1.87 bits per heavy atom. The molecule has 0 atom stereocenters. The largest absolute Gasteiger partial charge is 0.342 e. The van der Waals surface area contributed by atoms with Crippen LogP contribution >= 0.6 is 11.6 Å². The first-order valence-electron chi connectivity index (χ1n) is 9.59. The summed E-state index contributed by atoms with van der Waals surface area (Å²) >= 11 is 6.25. The zero-order valence-electron chi connectivity index (χ0n) is 16.8. The first-order chi connectivity index (χ1) is 14.9. The van der Waals surface area contributed by atoms with Gasteiger partial charge < -0.3 is 9.55 Å². The van der Waals surface area contributed by atoms with Crippen LogP contribution in [-0.2, 0) is 7.05 Å². The van der Waals surface area contributed by atoms with Crippen LogP contribution < -0.4 is 5.56 Å². The first kappa shape index (κ1) is 19.0. The Labute approximate surface area is 182 Å². The van der Waals surface area contributed by atoms with Crippen LogP contribution in [-0.4, -0.2) is 19.5 Å². The first-order valence-corrected chi connectivity index (χ1v) is 9.97. The highest BCUT2D eigenvalue weighted by molar-refractivity contribution is 6.29. The number of hydrogen-bond acceptors (Lipinski definition) is 3. The maximum absolute atomic E-state index is 11.9. The molecule has 31 heavy (non-hydrogen) atoms. The lowest BCUT2D eigenvalue weighted by atomic mass is 10.0. The summed E-state index contributed by atoms with van der Waals surface area (Å²) in [6.07, 6.45) is 0. The molecule has 1 aromatic carbocycles. The van der Waals surface area contributed by atoms with Crippen molar-refractivity contribution < 1.29 is 0 Å². The molecule has 7 heteroatoms. The molecule has 0 aliphatic heterocycles. The Morgan fingerprint density at radius 3 is 2.65 bits per heavy atom. The van der Waals surface area contributed by atoms with E-state index in [1.807, 2.05) is 54.9 Å². The van der Waals surface area contributed by atoms with Crippen molar-refractivity contribution in [1.82, 2.24) is 19.5 Å². The zero-order valence-corrected chi connectivity index (χ0v) is 17.5. The Kier molecular flexibility index (Phi) is 4.35. The van der Waals surface area contributed by atoms with E-state index in [-0.39, 0.29) is 5.56 Å². The van der Waals surface area contributed by atoms with Crippen molar-refractivity contribution in [3.63, 3.8) is 0 Å². The predicted octanol–water partition coefficient (Wildman–Crippen LogP) is 5.66. The molecule has 0 amide bonds. The van der Waals surface area contributed by atoms with Gasteiger partial charge in [-0.25, -0.2) is 14.8 Å². The fourth-order valence-electron chi connectivity index (χ4n) is 3.91. The fraction of sp³-hybridized carbons (Fsp3) is 0.0833. The quantitative estimate of drug-likeness (QED) is 0.293. The Hall–Kier alpha value is -3.95. The number of nitrogens with one attached hydrogen (secondary N) is 1. The highest BCUT2D eigenvalue weighted by atomic mass is 35.5. The van der Waals surface area contributed by atoms with Crippen LogP contribution in [0.3, 0.4) is 0 Å². The standard InChI is InChI=1S/C24H16ClN5O/c1-13-8-15(12-21(25)27-13)18-10-14-4-7-22(31)28-24(14)29-23(18)20-11-16-9-17(26-2)5-6-19(16)30(20)3/h4-12H,1,3H3,(H,28,29,31). The molecule has 1 N–H and O–H groups in total. The number of pyridine rings is 3. The third-order valence-electron chi connectivity index (χ3n) is 5.34. The maximum atomic E-state index is 11.9. The van der Waals surface area contributed by atoms with E-state index in [1.165, 1.54) is 6.07 Å². The van der Waals surface area contributed by atoms with Gasteiger partial charge in [-0.3, -0.25) is 4.79 Å². The number of H-pyrrole nitrogens is 1. The van der Waals surface area contributed by atoms with Crippen LogP contribution in [0.1, 0.15) is 5.69 Å². The Bertz CT molecular complexity index is 1590. The highest BCUT2D eigenvalue weighted by Crippen LogP contribution is 2.37. The summed E-state index contributed by atoms with van der Waals surface area (Å²) in [5, 5.41) is 2.17. The Balaban J connectivity index is 1.87. The lowest BCUT2D eigenvalue weighted by Crippen LogP contribution is -2.05. The topological polar surface area (TPSA) is 67.9 Å². The highest BCUT2D eigenvalue weighted by Gasteiger charge is 2.17. The molecule has 5 rings (SSSR count). The van der Waals surface area contributed by atoms with Gasteiger partial charge in [-0.2, -0.15) is 0 Å². The van der Waals surface area contributed by atoms with Gasteiger partial charge in [-0.1, -0.05) is 17.7 Å². The molecule has 5 aromatic rings. The lowest BCUT2D eigenvalue weighted by molar-refractivity contribution is 0.972. The van der Waals surface area contributed by atoms with Crippen molar-refractivity contribution in [3.8, 4) is 22.5 Å². The van der Waals surface area contributed by atoms with Crippen LogP contribution in [0, 0.1) is 13.5 Å². The SMILES string of the molecule is [C-]#[N+]c1ccc2c(c1)cc(-c1nc3[nH]c(=O)ccc3cc1-c1cc(C)nc(Cl)c1)n2C. The van der Waals surface area contributed by atoms with Gasteiger partial charge in [-0.05, 0) is 60.3 Å². The molecule has 0 saturated heterocycles. The summed E-state index contributed by atoms with van der Waals surface area (Å²) in [7, 11) is 1.96. The van der Waals surface area contributed by atoms with Gasteiger partial charge in [0.15, 0.2) is 5.69 Å². The molecular formula is C24H16ClN5O. The summed E-state index contributed by atoms with van der Waals surface area (Å²) in [6, 6.07) is 16.6. The summed E-state index contributed by atoms with van der Waals surface area (Å²) in [4.78, 5) is 27.4. The van der Waals surface area contributed by atoms with Gasteiger partial charge >= 0.3 is 0 Å². The van der Waals surface area contributed by atoms with Gasteiger partial charge in [0.25, 0.3) is 0 Å². The minimum absolute atomic E-state index is 0.208. The number of benzene rings is 1. The van der Waals surface area contributed by atoms with Crippen LogP contribution in [0.2, 0.25) is 5.15 Å². The molecule has 0 radical (unpaired) electrons. The van der Waals surface area contributed by atoms with E-state index in [2.05, 4.69) is 14.8 Å². The summed E-state index contributed by atoms with van der Waals surface area (Å²) in [5.74, 6) is 0. The minimum atomic E-state index is -0.208. The van der Waals surface area contributed by atoms with Gasteiger partial charge in [0, 0.05) is 35.3 Å². The predicted molar refractivity (Wildman–Crippen MR) is 124 cm³/mol. The normalized spacial score (nSPS) is 11.2. The number of fused-ring (bicyclic) bond motifs is 2. The van der Waals surface area contributed by atoms with Crippen molar-refractivity contribution in [2.45, 2.75) is 6.92 Å². The van der Waals surface area contributed by atoms with Crippen molar-refractivity contribution in [3.05, 3.63) is 87.2 Å². The molecule has 0 saturated carbocycles. The second-order valence-electron chi connectivity index (χ2n) is 7.41. The van der Waals surface area contributed by atoms with Gasteiger partial charge in [0.05, 0.1) is 18.0 Å². The van der Waals surface area contributed by atoms with E-state index < -0.39 is 0 Å². The van der Waals surface area contributed by atoms with E-state index in [1.54, 1.807) is 12.1 Å². The molecule has 0 unspecified atom stereocenters. The third-order valence-corrected chi connectivity index (χ3v) is 5.53. The molecule has 4 aromatic heterocycles. The van der Waals surface area contributed by atoms with E-state index in [0.717, 1.165) is 38.8 Å². The average Bonchev–Trinajstić information content (AvgIpc) is 3.07. The molecule has 0 bridgehead atoms. The smallest absolute Gasteiger partial charge is 0.249 e. The minimum Gasteiger partial charge on any atom is -0.342 e. The summed E-state index contributed by atoms with van der Waals surface area (Å²) in [5.41, 5.74) is 6.01. The fourth-order valence-corrected chi connectivity index (χ4v) is 4.16. The van der Waals surface area contributed by atoms with Gasteiger partial charge in [-0.15, -0.1) is 0 Å². The second-order valence-corrected chi connectivity index (χ2v) is 7.80. The van der Waals surface area contributed by atoms with Crippen LogP contribution in [0.15, 0.2) is 59.4 Å². The number of halogens is 1. The third kappa shape index (κ3) is 3.25. The number of aryl methyl sites for hydroxylation is 2. The summed E-state index contributed by atoms with van der Waals surface area (Å²) in [6.45, 7) is 9.19. The molecule has 6 nitrogen and oxygen atoms in total. The second kappa shape index (κ2) is 7.08. The molecule has 4 heterocycles. The molecule has 0 fully saturated rings. The zero-order chi connectivity index (χ0) is 21.7. The van der Waals surface area contributed by atoms with Crippen LogP contribution in [0.25, 0.3) is 49.3 Å². The monoisotopic (exact) mass is 425 g/mol. The number of aromatic nitrogens is 4. The molecule has 0 aliphatic carbocycles. The molecule has 0 spiro atoms. The number of rotatable bonds is 2. The van der Waals surface area contributed by atoms with Gasteiger partial charge in [0.2, 0.25) is 5.56 Å². The van der Waals surface area contributed by atoms with E-state index in [0.29, 0.717) is 22.2 Å². The number of aromatic amines is 1. The van der Waals surface area contributed by atoms with Crippen molar-refractivity contribution in [2.75, 3.05) is 0 Å². The van der Waals surface area contributed by atoms with E-state index in [9.17, 15) is 4.79 Å². The van der Waals surface area contributed by atoms with Crippen molar-refractivity contribution >= 4 is 39.2 Å². The summed E-state index contributed by atoms with van der Waals surface area (Å²) < 4.78 is 2.04. The molecule has 150 valence electrons. The van der Waals surface area contributed by atoms with Crippen LogP contribution in [0.5, 0.6) is 0 Å². The lowest BCUT2D eigenvalue weighted by Gasteiger charge is -2.13. The average molecular weight is 426 g/mol. The molecule has 0 aliphatic rings. The van der Waals surface area contributed by atoms with Crippen molar-refractivity contribution in [2.24, 2.45) is 7.05 Å². The number of hydrogen-bond donors (Lipinski definition) is 1. The molecular weight excluding hydrogens is 410 g/mol. The van der Waals surface area contributed by atoms with Crippen LogP contribution in [0.4, 0.5) is 5.69 Å². The van der Waals surface area contributed by atoms with E-state index in [4.69, 9.17) is 23.2 Å². The van der Waals surface area contributed by atoms with Crippen molar-refractivity contribution in [1.29, 1.82) is 0 Å². The van der Waals surface area contributed by atoms with E-state index >= 15 is 0 Å². The number of nitrogens with zero attached hydrogens (tertiary/aromatic N) is 4.